The van der Waals surface area contributed by atoms with Gasteiger partial charge in [-0.3, -0.25) is 14.6 Å². The van der Waals surface area contributed by atoms with Crippen LogP contribution in [0.2, 0.25) is 0 Å². The monoisotopic (exact) mass is 228 g/mol. The lowest BCUT2D eigenvalue weighted by atomic mass is 10.0. The van der Waals surface area contributed by atoms with Gasteiger partial charge in [0.2, 0.25) is 0 Å². The molecule has 0 fully saturated rings. The molecule has 86 valence electrons. The van der Waals surface area contributed by atoms with Crippen molar-refractivity contribution in [2.24, 2.45) is 0 Å². The average molecular weight is 228 g/mol. The van der Waals surface area contributed by atoms with E-state index in [4.69, 9.17) is 0 Å². The highest BCUT2D eigenvalue weighted by atomic mass is 16.6. The van der Waals surface area contributed by atoms with E-state index in [9.17, 15) is 4.79 Å². The quantitative estimate of drug-likeness (QED) is 0.818. The number of pyridine rings is 1. The second-order valence-corrected chi connectivity index (χ2v) is 3.42. The molecule has 0 atom stereocenters. The molecular weight excluding hydrogens is 216 g/mol. The summed E-state index contributed by atoms with van der Waals surface area (Å²) < 4.78 is 0. The van der Waals surface area contributed by atoms with Gasteiger partial charge in [0.15, 0.2) is 0 Å². The predicted molar refractivity (Wildman–Crippen MR) is 64.1 cm³/mol. The molecule has 1 N–H and O–H groups in total. The van der Waals surface area contributed by atoms with Crippen molar-refractivity contribution in [3.8, 4) is 11.1 Å². The third-order valence-corrected chi connectivity index (χ3v) is 2.35. The van der Waals surface area contributed by atoms with Crippen LogP contribution >= 0.6 is 0 Å². The number of carbonyl (C=O) groups is 1. The van der Waals surface area contributed by atoms with Crippen LogP contribution in [0.25, 0.3) is 11.1 Å². The summed E-state index contributed by atoms with van der Waals surface area (Å²) in [5, 5.41) is 0. The fourth-order valence-corrected chi connectivity index (χ4v) is 1.59. The third kappa shape index (κ3) is 2.49. The second kappa shape index (κ2) is 5.23. The SMILES string of the molecule is CONC(=O)c1ccncc1-c1ccccc1. The van der Waals surface area contributed by atoms with E-state index in [1.54, 1.807) is 18.5 Å². The van der Waals surface area contributed by atoms with Crippen molar-refractivity contribution in [2.75, 3.05) is 7.11 Å². The van der Waals surface area contributed by atoms with Crippen LogP contribution in [0, 0.1) is 0 Å². The van der Waals surface area contributed by atoms with E-state index in [1.807, 2.05) is 30.3 Å². The number of hydrogen-bond donors (Lipinski definition) is 1. The summed E-state index contributed by atoms with van der Waals surface area (Å²) in [5.74, 6) is -0.284. The lowest BCUT2D eigenvalue weighted by molar-refractivity contribution is 0.0538. The Hall–Kier alpha value is -2.20. The first-order chi connectivity index (χ1) is 8.33. The molecule has 17 heavy (non-hydrogen) atoms. The fourth-order valence-electron chi connectivity index (χ4n) is 1.59. The van der Waals surface area contributed by atoms with E-state index >= 15 is 0 Å². The summed E-state index contributed by atoms with van der Waals surface area (Å²) in [6.45, 7) is 0. The maximum absolute atomic E-state index is 11.8. The molecule has 0 saturated heterocycles. The third-order valence-electron chi connectivity index (χ3n) is 2.35. The standard InChI is InChI=1S/C13H12N2O2/c1-17-15-13(16)11-7-8-14-9-12(11)10-5-3-2-4-6-10/h2-9H,1H3,(H,15,16). The molecule has 2 rings (SSSR count). The van der Waals surface area contributed by atoms with E-state index < -0.39 is 0 Å². The van der Waals surface area contributed by atoms with Gasteiger partial charge in [0.05, 0.1) is 12.7 Å². The Bertz CT molecular complexity index is 512. The lowest BCUT2D eigenvalue weighted by Gasteiger charge is -2.08. The van der Waals surface area contributed by atoms with Crippen LogP contribution in [0.15, 0.2) is 48.8 Å². The molecular formula is C13H12N2O2. The molecule has 0 unspecified atom stereocenters. The van der Waals surface area contributed by atoms with Crippen molar-refractivity contribution in [3.05, 3.63) is 54.4 Å². The van der Waals surface area contributed by atoms with Crippen LogP contribution in [-0.2, 0) is 4.84 Å². The van der Waals surface area contributed by atoms with Crippen LogP contribution in [0.1, 0.15) is 10.4 Å². The van der Waals surface area contributed by atoms with Crippen molar-refractivity contribution >= 4 is 5.91 Å². The minimum Gasteiger partial charge on any atom is -0.277 e. The summed E-state index contributed by atoms with van der Waals surface area (Å²) in [4.78, 5) is 20.4. The van der Waals surface area contributed by atoms with Gasteiger partial charge in [-0.1, -0.05) is 30.3 Å². The van der Waals surface area contributed by atoms with E-state index in [2.05, 4.69) is 15.3 Å². The van der Waals surface area contributed by atoms with Gasteiger partial charge in [0.1, 0.15) is 0 Å². The minimum atomic E-state index is -0.284. The number of nitrogens with zero attached hydrogens (tertiary/aromatic N) is 1. The Balaban J connectivity index is 2.45. The molecule has 2 aromatic rings. The van der Waals surface area contributed by atoms with E-state index in [0.717, 1.165) is 11.1 Å². The Labute approximate surface area is 99.2 Å². The number of amides is 1. The molecule has 0 aliphatic carbocycles. The largest absolute Gasteiger partial charge is 0.277 e. The van der Waals surface area contributed by atoms with Gasteiger partial charge >= 0.3 is 0 Å². The molecule has 4 heteroatoms. The Morgan fingerprint density at radius 3 is 2.71 bits per heavy atom. The maximum Gasteiger partial charge on any atom is 0.275 e. The first kappa shape index (κ1) is 11.3. The first-order valence-electron chi connectivity index (χ1n) is 5.15. The van der Waals surface area contributed by atoms with Gasteiger partial charge in [-0.25, -0.2) is 5.48 Å². The average Bonchev–Trinajstić information content (AvgIpc) is 2.40. The highest BCUT2D eigenvalue weighted by molar-refractivity contribution is 6.00. The van der Waals surface area contributed by atoms with Gasteiger partial charge in [-0.2, -0.15) is 0 Å². The van der Waals surface area contributed by atoms with Crippen LogP contribution in [0.4, 0.5) is 0 Å². The zero-order valence-electron chi connectivity index (χ0n) is 9.38. The van der Waals surface area contributed by atoms with Crippen LogP contribution in [0.5, 0.6) is 0 Å². The summed E-state index contributed by atoms with van der Waals surface area (Å²) in [6.07, 6.45) is 3.25. The van der Waals surface area contributed by atoms with Crippen molar-refractivity contribution in [3.63, 3.8) is 0 Å². The topological polar surface area (TPSA) is 51.2 Å². The predicted octanol–water partition coefficient (Wildman–Crippen LogP) is 2.04. The summed E-state index contributed by atoms with van der Waals surface area (Å²) in [5.41, 5.74) is 4.57. The van der Waals surface area contributed by atoms with Crippen molar-refractivity contribution in [1.82, 2.24) is 10.5 Å². The number of benzene rings is 1. The molecule has 0 radical (unpaired) electrons. The zero-order valence-corrected chi connectivity index (χ0v) is 9.38. The molecule has 4 nitrogen and oxygen atoms in total. The molecule has 0 aliphatic heterocycles. The van der Waals surface area contributed by atoms with Crippen LogP contribution < -0.4 is 5.48 Å². The van der Waals surface area contributed by atoms with E-state index in [1.165, 1.54) is 7.11 Å². The molecule has 1 heterocycles. The number of aromatic nitrogens is 1. The van der Waals surface area contributed by atoms with Crippen molar-refractivity contribution < 1.29 is 9.63 Å². The van der Waals surface area contributed by atoms with Crippen molar-refractivity contribution in [2.45, 2.75) is 0 Å². The summed E-state index contributed by atoms with van der Waals surface area (Å²) in [6, 6.07) is 11.3. The number of carbonyl (C=O) groups excluding carboxylic acids is 1. The molecule has 1 aromatic heterocycles. The molecule has 0 aliphatic rings. The van der Waals surface area contributed by atoms with Gasteiger partial charge in [-0.15, -0.1) is 0 Å². The summed E-state index contributed by atoms with van der Waals surface area (Å²) in [7, 11) is 1.40. The lowest BCUT2D eigenvalue weighted by Crippen LogP contribution is -2.22. The smallest absolute Gasteiger partial charge is 0.275 e. The minimum absolute atomic E-state index is 0.284. The fraction of sp³-hybridized carbons (Fsp3) is 0.0769. The van der Waals surface area contributed by atoms with E-state index in [-0.39, 0.29) is 5.91 Å². The zero-order chi connectivity index (χ0) is 12.1. The van der Waals surface area contributed by atoms with Gasteiger partial charge < -0.3 is 0 Å². The highest BCUT2D eigenvalue weighted by Crippen LogP contribution is 2.22. The molecule has 0 bridgehead atoms. The van der Waals surface area contributed by atoms with Crippen LogP contribution in [0.3, 0.4) is 0 Å². The van der Waals surface area contributed by atoms with Gasteiger partial charge in [-0.05, 0) is 11.6 Å². The number of nitrogens with one attached hydrogen (secondary N) is 1. The van der Waals surface area contributed by atoms with Crippen LogP contribution in [-0.4, -0.2) is 18.0 Å². The highest BCUT2D eigenvalue weighted by Gasteiger charge is 2.11. The first-order valence-corrected chi connectivity index (χ1v) is 5.15. The Morgan fingerprint density at radius 2 is 2.00 bits per heavy atom. The maximum atomic E-state index is 11.8. The Kier molecular flexibility index (Phi) is 3.47. The number of hydroxylamine groups is 1. The van der Waals surface area contributed by atoms with Crippen molar-refractivity contribution in [1.29, 1.82) is 0 Å². The number of hydrogen-bond acceptors (Lipinski definition) is 3. The number of rotatable bonds is 3. The summed E-state index contributed by atoms with van der Waals surface area (Å²) >= 11 is 0. The van der Waals surface area contributed by atoms with E-state index in [0.29, 0.717) is 5.56 Å². The van der Waals surface area contributed by atoms with Gasteiger partial charge in [0.25, 0.3) is 5.91 Å². The molecule has 1 aromatic carbocycles. The van der Waals surface area contributed by atoms with Gasteiger partial charge in [0, 0.05) is 18.0 Å². The Morgan fingerprint density at radius 1 is 1.24 bits per heavy atom. The molecule has 1 amide bonds. The second-order valence-electron chi connectivity index (χ2n) is 3.42. The normalized spacial score (nSPS) is 9.94. The molecule has 0 spiro atoms. The molecule has 0 saturated carbocycles.